The van der Waals surface area contributed by atoms with E-state index in [-0.39, 0.29) is 24.2 Å². The number of morpholine rings is 1. The highest BCUT2D eigenvalue weighted by atomic mass is 16.5. The number of hydrogen-bond acceptors (Lipinski definition) is 9. The molecule has 25 heavy (non-hydrogen) atoms. The third kappa shape index (κ3) is 4.35. The highest BCUT2D eigenvalue weighted by Crippen LogP contribution is 2.13. The molecule has 2 aromatic rings. The molecule has 0 unspecified atom stereocenters. The second-order valence-corrected chi connectivity index (χ2v) is 5.36. The summed E-state index contributed by atoms with van der Waals surface area (Å²) in [6, 6.07) is 0.205. The number of carbonyl (C=O) groups is 1. The number of nitrogens with zero attached hydrogens (tertiary/aromatic N) is 6. The van der Waals surface area contributed by atoms with Crippen molar-refractivity contribution in [2.75, 3.05) is 38.3 Å². The second kappa shape index (κ2) is 7.79. The minimum atomic E-state index is -0.347. The van der Waals surface area contributed by atoms with Gasteiger partial charge in [-0.05, 0) is 6.92 Å². The minimum absolute atomic E-state index is 0.130. The lowest BCUT2D eigenvalue weighted by Crippen LogP contribution is -2.37. The normalized spacial score (nSPS) is 14.2. The van der Waals surface area contributed by atoms with E-state index in [4.69, 9.17) is 9.47 Å². The summed E-state index contributed by atoms with van der Waals surface area (Å²) >= 11 is 0. The summed E-state index contributed by atoms with van der Waals surface area (Å²) in [4.78, 5) is 35.1. The molecule has 0 aromatic carbocycles. The van der Waals surface area contributed by atoms with Crippen molar-refractivity contribution in [1.82, 2.24) is 30.2 Å². The van der Waals surface area contributed by atoms with Gasteiger partial charge in [0.25, 0.3) is 5.91 Å². The Kier molecular flexibility index (Phi) is 5.29. The monoisotopic (exact) mass is 345 g/mol. The average molecular weight is 345 g/mol. The summed E-state index contributed by atoms with van der Waals surface area (Å²) in [6.07, 6.45) is 2.97. The van der Waals surface area contributed by atoms with Crippen LogP contribution in [0, 0.1) is 6.92 Å². The van der Waals surface area contributed by atoms with Gasteiger partial charge in [0.1, 0.15) is 5.69 Å². The van der Waals surface area contributed by atoms with Gasteiger partial charge in [0.05, 0.1) is 38.8 Å². The van der Waals surface area contributed by atoms with E-state index in [0.29, 0.717) is 38.1 Å². The zero-order valence-electron chi connectivity index (χ0n) is 14.1. The fraction of sp³-hybridized carbons (Fsp3) is 0.467. The lowest BCUT2D eigenvalue weighted by Gasteiger charge is -2.26. The van der Waals surface area contributed by atoms with Crippen molar-refractivity contribution in [2.45, 2.75) is 13.5 Å². The van der Waals surface area contributed by atoms with Crippen molar-refractivity contribution in [1.29, 1.82) is 0 Å². The largest absolute Gasteiger partial charge is 0.467 e. The highest BCUT2D eigenvalue weighted by molar-refractivity contribution is 5.91. The summed E-state index contributed by atoms with van der Waals surface area (Å²) in [5.74, 6) is 0.566. The van der Waals surface area contributed by atoms with Gasteiger partial charge in [0.15, 0.2) is 5.82 Å². The summed E-state index contributed by atoms with van der Waals surface area (Å²) in [7, 11) is 1.49. The maximum absolute atomic E-state index is 12.1. The molecule has 0 atom stereocenters. The van der Waals surface area contributed by atoms with Crippen molar-refractivity contribution in [2.24, 2.45) is 0 Å². The number of hydrogen-bond donors (Lipinski definition) is 1. The molecule has 0 bridgehead atoms. The Balaban J connectivity index is 1.70. The molecular formula is C15H19N7O3. The van der Waals surface area contributed by atoms with Gasteiger partial charge in [-0.25, -0.2) is 4.98 Å². The third-order valence-corrected chi connectivity index (χ3v) is 3.55. The zero-order chi connectivity index (χ0) is 17.6. The minimum Gasteiger partial charge on any atom is -0.467 e. The molecule has 1 N–H and O–H groups in total. The number of anilines is 1. The summed E-state index contributed by atoms with van der Waals surface area (Å²) < 4.78 is 10.5. The van der Waals surface area contributed by atoms with Gasteiger partial charge >= 0.3 is 6.01 Å². The number of aryl methyl sites for hydroxylation is 1. The van der Waals surface area contributed by atoms with Crippen LogP contribution in [0.2, 0.25) is 0 Å². The maximum atomic E-state index is 12.1. The van der Waals surface area contributed by atoms with Crippen LogP contribution in [0.15, 0.2) is 12.4 Å². The quantitative estimate of drug-likeness (QED) is 0.782. The first kappa shape index (κ1) is 17.0. The standard InChI is InChI=1S/C15H19N7O3/c1-10-7-17-11(8-16-10)13(23)18-9-12-19-14(21-15(20-12)24-2)22-3-5-25-6-4-22/h7-8H,3-6,9H2,1-2H3,(H,18,23). The van der Waals surface area contributed by atoms with Gasteiger partial charge in [0.2, 0.25) is 5.95 Å². The average Bonchev–Trinajstić information content (AvgIpc) is 2.67. The molecule has 3 heterocycles. The van der Waals surface area contributed by atoms with Gasteiger partial charge < -0.3 is 19.7 Å². The lowest BCUT2D eigenvalue weighted by molar-refractivity contribution is 0.0944. The molecule has 132 valence electrons. The summed E-state index contributed by atoms with van der Waals surface area (Å²) in [6.45, 7) is 4.55. The number of amides is 1. The van der Waals surface area contributed by atoms with Crippen LogP contribution in [0.5, 0.6) is 6.01 Å². The second-order valence-electron chi connectivity index (χ2n) is 5.36. The van der Waals surface area contributed by atoms with Crippen LogP contribution >= 0.6 is 0 Å². The molecule has 2 aromatic heterocycles. The molecule has 1 aliphatic rings. The number of rotatable bonds is 5. The van der Waals surface area contributed by atoms with E-state index in [9.17, 15) is 4.79 Å². The molecule has 3 rings (SSSR count). The van der Waals surface area contributed by atoms with Gasteiger partial charge in [-0.2, -0.15) is 15.0 Å². The highest BCUT2D eigenvalue weighted by Gasteiger charge is 2.17. The van der Waals surface area contributed by atoms with E-state index in [0.717, 1.165) is 5.69 Å². The maximum Gasteiger partial charge on any atom is 0.321 e. The molecule has 0 saturated carbocycles. The molecular weight excluding hydrogens is 326 g/mol. The molecule has 1 amide bonds. The first-order valence-corrected chi connectivity index (χ1v) is 7.84. The predicted molar refractivity (Wildman–Crippen MR) is 87.4 cm³/mol. The first-order valence-electron chi connectivity index (χ1n) is 7.84. The lowest BCUT2D eigenvalue weighted by atomic mass is 10.4. The van der Waals surface area contributed by atoms with Crippen LogP contribution in [0.1, 0.15) is 22.0 Å². The van der Waals surface area contributed by atoms with Crippen LogP contribution in [0.3, 0.4) is 0 Å². The van der Waals surface area contributed by atoms with Crippen LogP contribution < -0.4 is 15.0 Å². The number of aromatic nitrogens is 5. The summed E-state index contributed by atoms with van der Waals surface area (Å²) in [5.41, 5.74) is 0.980. The van der Waals surface area contributed by atoms with Gasteiger partial charge in [-0.3, -0.25) is 9.78 Å². The predicted octanol–water partition coefficient (Wildman–Crippen LogP) is -0.255. The van der Waals surface area contributed by atoms with Gasteiger partial charge in [-0.15, -0.1) is 0 Å². The van der Waals surface area contributed by atoms with Crippen molar-refractivity contribution < 1.29 is 14.3 Å². The molecule has 1 fully saturated rings. The van der Waals surface area contributed by atoms with Crippen molar-refractivity contribution in [3.05, 3.63) is 29.6 Å². The topological polar surface area (TPSA) is 115 Å². The number of ether oxygens (including phenoxy) is 2. The number of methoxy groups -OCH3 is 1. The van der Waals surface area contributed by atoms with Crippen LogP contribution in [-0.4, -0.2) is 64.2 Å². The Morgan fingerprint density at radius 3 is 2.72 bits per heavy atom. The number of carbonyl (C=O) groups excluding carboxylic acids is 1. The Hall–Kier alpha value is -2.88. The molecule has 10 heteroatoms. The van der Waals surface area contributed by atoms with E-state index in [2.05, 4.69) is 30.2 Å². The molecule has 0 radical (unpaired) electrons. The van der Waals surface area contributed by atoms with Gasteiger partial charge in [0, 0.05) is 19.3 Å². The van der Waals surface area contributed by atoms with Crippen molar-refractivity contribution >= 4 is 11.9 Å². The molecule has 1 saturated heterocycles. The van der Waals surface area contributed by atoms with E-state index in [1.807, 2.05) is 4.90 Å². The zero-order valence-corrected chi connectivity index (χ0v) is 14.1. The van der Waals surface area contributed by atoms with E-state index in [1.54, 1.807) is 6.92 Å². The SMILES string of the molecule is COc1nc(CNC(=O)c2cnc(C)cn2)nc(N2CCOCC2)n1. The Morgan fingerprint density at radius 2 is 2.04 bits per heavy atom. The summed E-state index contributed by atoms with van der Waals surface area (Å²) in [5, 5.41) is 2.72. The third-order valence-electron chi connectivity index (χ3n) is 3.55. The fourth-order valence-electron chi connectivity index (χ4n) is 2.22. The Morgan fingerprint density at radius 1 is 1.24 bits per heavy atom. The van der Waals surface area contributed by atoms with E-state index < -0.39 is 0 Å². The van der Waals surface area contributed by atoms with E-state index in [1.165, 1.54) is 19.5 Å². The molecule has 1 aliphatic heterocycles. The molecule has 0 spiro atoms. The van der Waals surface area contributed by atoms with Crippen LogP contribution in [0.4, 0.5) is 5.95 Å². The fourth-order valence-corrected chi connectivity index (χ4v) is 2.22. The number of nitrogens with one attached hydrogen (secondary N) is 1. The smallest absolute Gasteiger partial charge is 0.321 e. The van der Waals surface area contributed by atoms with Crippen molar-refractivity contribution in [3.8, 4) is 6.01 Å². The first-order chi connectivity index (χ1) is 12.2. The Labute approximate surface area is 144 Å². The molecule has 10 nitrogen and oxygen atoms in total. The van der Waals surface area contributed by atoms with E-state index >= 15 is 0 Å². The molecule has 0 aliphatic carbocycles. The van der Waals surface area contributed by atoms with Crippen LogP contribution in [-0.2, 0) is 11.3 Å². The van der Waals surface area contributed by atoms with Gasteiger partial charge in [-0.1, -0.05) is 0 Å². The van der Waals surface area contributed by atoms with Crippen LogP contribution in [0.25, 0.3) is 0 Å². The van der Waals surface area contributed by atoms with Crippen molar-refractivity contribution in [3.63, 3.8) is 0 Å². The Bertz CT molecular complexity index is 732.